The standard InChI is InChI=1S/C24H26BrF3N4O5/c1-4-14(3)30-22(34)23(35)32-29-12-15-10-17(25)21(19(11-15)36-5-2)37-13-20(33)31-18-9-7-6-8-16(18)24(26,27)28/h6-12,14H,4-5,13H2,1-3H3,(H,30,34)(H,31,33)(H,32,35)/b29-12-/t14-/m1/s1. The van der Waals surface area contributed by atoms with Crippen molar-refractivity contribution < 1.29 is 37.0 Å². The highest BCUT2D eigenvalue weighted by Crippen LogP contribution is 2.37. The number of nitrogens with zero attached hydrogens (tertiary/aromatic N) is 1. The average Bonchev–Trinajstić information content (AvgIpc) is 2.83. The van der Waals surface area contributed by atoms with Crippen LogP contribution in [0.5, 0.6) is 11.5 Å². The summed E-state index contributed by atoms with van der Waals surface area (Å²) in [7, 11) is 0. The van der Waals surface area contributed by atoms with Crippen LogP contribution in [-0.4, -0.2) is 43.2 Å². The van der Waals surface area contributed by atoms with Crippen LogP contribution in [0.15, 0.2) is 46.0 Å². The molecule has 3 N–H and O–H groups in total. The minimum absolute atomic E-state index is 0.134. The van der Waals surface area contributed by atoms with Crippen molar-refractivity contribution >= 4 is 45.6 Å². The van der Waals surface area contributed by atoms with Crippen LogP contribution in [0.4, 0.5) is 18.9 Å². The van der Waals surface area contributed by atoms with E-state index in [0.29, 0.717) is 16.5 Å². The Labute approximate surface area is 219 Å². The molecule has 2 rings (SSSR count). The minimum Gasteiger partial charge on any atom is -0.490 e. The molecule has 0 spiro atoms. The number of halogens is 4. The van der Waals surface area contributed by atoms with Gasteiger partial charge in [0.05, 0.1) is 28.5 Å². The van der Waals surface area contributed by atoms with Gasteiger partial charge in [-0.3, -0.25) is 14.4 Å². The lowest BCUT2D eigenvalue weighted by atomic mass is 10.1. The Morgan fingerprint density at radius 3 is 2.46 bits per heavy atom. The topological polar surface area (TPSA) is 118 Å². The fraction of sp³-hybridized carbons (Fsp3) is 0.333. The van der Waals surface area contributed by atoms with Crippen molar-refractivity contribution in [2.45, 2.75) is 39.4 Å². The first-order valence-electron chi connectivity index (χ1n) is 11.1. The molecule has 0 aliphatic rings. The Morgan fingerprint density at radius 2 is 1.81 bits per heavy atom. The lowest BCUT2D eigenvalue weighted by molar-refractivity contribution is -0.139. The van der Waals surface area contributed by atoms with E-state index in [1.807, 2.05) is 6.92 Å². The molecule has 0 radical (unpaired) electrons. The summed E-state index contributed by atoms with van der Waals surface area (Å²) in [6, 6.07) is 7.48. The van der Waals surface area contributed by atoms with Crippen molar-refractivity contribution in [1.82, 2.24) is 10.7 Å². The average molecular weight is 587 g/mol. The fourth-order valence-electron chi connectivity index (χ4n) is 2.84. The molecule has 37 heavy (non-hydrogen) atoms. The third kappa shape index (κ3) is 9.08. The highest BCUT2D eigenvalue weighted by atomic mass is 79.9. The Hall–Kier alpha value is -3.61. The van der Waals surface area contributed by atoms with Crippen LogP contribution in [0.25, 0.3) is 0 Å². The maximum atomic E-state index is 13.2. The van der Waals surface area contributed by atoms with Crippen LogP contribution in [-0.2, 0) is 20.6 Å². The van der Waals surface area contributed by atoms with E-state index in [9.17, 15) is 27.6 Å². The minimum atomic E-state index is -4.63. The Bertz CT molecular complexity index is 1160. The molecule has 0 heterocycles. The molecule has 0 aliphatic carbocycles. The van der Waals surface area contributed by atoms with E-state index in [-0.39, 0.29) is 29.8 Å². The first-order chi connectivity index (χ1) is 17.5. The molecule has 2 aromatic rings. The molecular formula is C24H26BrF3N4O5. The number of nitrogens with one attached hydrogen (secondary N) is 3. The zero-order chi connectivity index (χ0) is 27.6. The third-order valence-electron chi connectivity index (χ3n) is 4.76. The predicted molar refractivity (Wildman–Crippen MR) is 135 cm³/mol. The molecule has 200 valence electrons. The van der Waals surface area contributed by atoms with Gasteiger partial charge in [0.2, 0.25) is 0 Å². The van der Waals surface area contributed by atoms with Crippen molar-refractivity contribution in [3.8, 4) is 11.5 Å². The molecule has 0 bridgehead atoms. The van der Waals surface area contributed by atoms with Crippen LogP contribution in [0, 0.1) is 0 Å². The molecule has 0 saturated carbocycles. The number of anilines is 1. The van der Waals surface area contributed by atoms with Gasteiger partial charge in [-0.1, -0.05) is 19.1 Å². The van der Waals surface area contributed by atoms with E-state index in [2.05, 4.69) is 37.1 Å². The highest BCUT2D eigenvalue weighted by molar-refractivity contribution is 9.10. The van der Waals surface area contributed by atoms with Crippen LogP contribution in [0.1, 0.15) is 38.3 Å². The van der Waals surface area contributed by atoms with Crippen molar-refractivity contribution in [3.05, 3.63) is 52.0 Å². The van der Waals surface area contributed by atoms with Crippen molar-refractivity contribution in [1.29, 1.82) is 0 Å². The lowest BCUT2D eigenvalue weighted by Crippen LogP contribution is -2.41. The second kappa shape index (κ2) is 13.6. The van der Waals surface area contributed by atoms with Crippen molar-refractivity contribution in [2.24, 2.45) is 5.10 Å². The van der Waals surface area contributed by atoms with E-state index in [4.69, 9.17) is 9.47 Å². The molecule has 0 fully saturated rings. The number of rotatable bonds is 10. The van der Waals surface area contributed by atoms with E-state index >= 15 is 0 Å². The van der Waals surface area contributed by atoms with Gasteiger partial charge in [0.25, 0.3) is 5.91 Å². The number of carbonyl (C=O) groups excluding carboxylic acids is 3. The van der Waals surface area contributed by atoms with E-state index in [1.54, 1.807) is 19.9 Å². The molecule has 1 atom stereocenters. The maximum Gasteiger partial charge on any atom is 0.418 e. The van der Waals surface area contributed by atoms with E-state index in [1.165, 1.54) is 24.4 Å². The van der Waals surface area contributed by atoms with Gasteiger partial charge < -0.3 is 20.1 Å². The summed E-state index contributed by atoms with van der Waals surface area (Å²) in [5.41, 5.74) is 1.21. The summed E-state index contributed by atoms with van der Waals surface area (Å²) < 4.78 is 50.9. The number of para-hydroxylation sites is 1. The number of hydrazone groups is 1. The molecule has 0 saturated heterocycles. The summed E-state index contributed by atoms with van der Waals surface area (Å²) in [4.78, 5) is 35.9. The predicted octanol–water partition coefficient (Wildman–Crippen LogP) is 4.25. The van der Waals surface area contributed by atoms with E-state index in [0.717, 1.165) is 12.1 Å². The molecule has 13 heteroatoms. The Morgan fingerprint density at radius 1 is 1.11 bits per heavy atom. The van der Waals surface area contributed by atoms with Crippen LogP contribution < -0.4 is 25.5 Å². The van der Waals surface area contributed by atoms with Gasteiger partial charge in [-0.15, -0.1) is 0 Å². The van der Waals surface area contributed by atoms with Gasteiger partial charge in [0.1, 0.15) is 0 Å². The van der Waals surface area contributed by atoms with Gasteiger partial charge in [-0.25, -0.2) is 5.43 Å². The lowest BCUT2D eigenvalue weighted by Gasteiger charge is -2.16. The second-order valence-electron chi connectivity index (χ2n) is 7.63. The van der Waals surface area contributed by atoms with Gasteiger partial charge in [0.15, 0.2) is 18.1 Å². The van der Waals surface area contributed by atoms with Gasteiger partial charge in [-0.2, -0.15) is 18.3 Å². The molecule has 2 aromatic carbocycles. The quantitative estimate of drug-likeness (QED) is 0.218. The zero-order valence-electron chi connectivity index (χ0n) is 20.2. The zero-order valence-corrected chi connectivity index (χ0v) is 21.8. The Balaban J connectivity index is 2.09. The summed E-state index contributed by atoms with van der Waals surface area (Å²) in [6.45, 7) is 4.98. The first kappa shape index (κ1) is 29.6. The van der Waals surface area contributed by atoms with Crippen LogP contribution in [0.3, 0.4) is 0 Å². The molecular weight excluding hydrogens is 561 g/mol. The summed E-state index contributed by atoms with van der Waals surface area (Å²) in [5.74, 6) is -2.21. The summed E-state index contributed by atoms with van der Waals surface area (Å²) in [6.07, 6.45) is -2.70. The molecule has 3 amide bonds. The highest BCUT2D eigenvalue weighted by Gasteiger charge is 2.33. The number of hydrogen-bond donors (Lipinski definition) is 3. The summed E-state index contributed by atoms with van der Waals surface area (Å²) >= 11 is 3.30. The molecule has 9 nitrogen and oxygen atoms in total. The Kier molecular flexibility index (Phi) is 10.9. The maximum absolute atomic E-state index is 13.2. The first-order valence-corrected chi connectivity index (χ1v) is 11.9. The largest absolute Gasteiger partial charge is 0.490 e. The van der Waals surface area contributed by atoms with Gasteiger partial charge in [0, 0.05) is 6.04 Å². The van der Waals surface area contributed by atoms with Crippen LogP contribution >= 0.6 is 15.9 Å². The molecule has 0 aliphatic heterocycles. The fourth-order valence-corrected chi connectivity index (χ4v) is 3.41. The molecule has 0 aromatic heterocycles. The number of hydrogen-bond acceptors (Lipinski definition) is 6. The normalized spacial score (nSPS) is 12.1. The monoisotopic (exact) mass is 586 g/mol. The third-order valence-corrected chi connectivity index (χ3v) is 5.35. The van der Waals surface area contributed by atoms with Gasteiger partial charge in [-0.05, 0) is 66.0 Å². The van der Waals surface area contributed by atoms with Gasteiger partial charge >= 0.3 is 18.0 Å². The van der Waals surface area contributed by atoms with Crippen LogP contribution in [0.2, 0.25) is 0 Å². The molecule has 0 unspecified atom stereocenters. The second-order valence-corrected chi connectivity index (χ2v) is 8.48. The number of carbonyl (C=O) groups is 3. The smallest absolute Gasteiger partial charge is 0.418 e. The van der Waals surface area contributed by atoms with Crippen molar-refractivity contribution in [3.63, 3.8) is 0 Å². The van der Waals surface area contributed by atoms with E-state index < -0.39 is 36.1 Å². The number of benzene rings is 2. The number of alkyl halides is 3. The SMILES string of the molecule is CCOc1cc(/C=N\NC(=O)C(=O)N[C@H](C)CC)cc(Br)c1OCC(=O)Nc1ccccc1C(F)(F)F. The summed E-state index contributed by atoms with van der Waals surface area (Å²) in [5, 5.41) is 8.47. The number of amides is 3. The number of ether oxygens (including phenoxy) is 2. The van der Waals surface area contributed by atoms with Crippen molar-refractivity contribution in [2.75, 3.05) is 18.5 Å².